The van der Waals surface area contributed by atoms with E-state index in [4.69, 9.17) is 0 Å². The van der Waals surface area contributed by atoms with Crippen LogP contribution in [0, 0.1) is 5.92 Å². The number of carbonyl (C=O) groups is 1. The highest BCUT2D eigenvalue weighted by Crippen LogP contribution is 2.17. The van der Waals surface area contributed by atoms with Crippen LogP contribution in [-0.4, -0.2) is 48.9 Å². The van der Waals surface area contributed by atoms with Gasteiger partial charge in [0, 0.05) is 13.1 Å². The molecule has 0 bridgehead atoms. The predicted molar refractivity (Wildman–Crippen MR) is 58.1 cm³/mol. The zero-order chi connectivity index (χ0) is 10.7. The van der Waals surface area contributed by atoms with E-state index >= 15 is 0 Å². The Hall–Kier alpha value is -0.570. The monoisotopic (exact) mass is 198 g/mol. The second kappa shape index (κ2) is 4.78. The molecule has 0 saturated carbocycles. The molecule has 14 heavy (non-hydrogen) atoms. The van der Waals surface area contributed by atoms with Gasteiger partial charge in [0.05, 0.1) is 6.04 Å². The summed E-state index contributed by atoms with van der Waals surface area (Å²) in [6, 6.07) is 0.0170. The molecule has 0 spiro atoms. The molecule has 1 aliphatic heterocycles. The lowest BCUT2D eigenvalue weighted by Crippen LogP contribution is -2.47. The molecule has 3 nitrogen and oxygen atoms in total. The van der Waals surface area contributed by atoms with Gasteiger partial charge in [0.1, 0.15) is 0 Å². The van der Waals surface area contributed by atoms with Gasteiger partial charge in [-0.25, -0.2) is 0 Å². The molecular weight excluding hydrogens is 176 g/mol. The minimum atomic E-state index is 0.0170. The summed E-state index contributed by atoms with van der Waals surface area (Å²) in [7, 11) is 3.91. The maximum atomic E-state index is 11.9. The number of hydrogen-bond donors (Lipinski definition) is 0. The summed E-state index contributed by atoms with van der Waals surface area (Å²) in [4.78, 5) is 15.9. The van der Waals surface area contributed by atoms with Crippen molar-refractivity contribution in [3.8, 4) is 0 Å². The lowest BCUT2D eigenvalue weighted by atomic mass is 9.99. The zero-order valence-electron chi connectivity index (χ0n) is 9.79. The van der Waals surface area contributed by atoms with E-state index in [9.17, 15) is 4.79 Å². The molecule has 3 heteroatoms. The fourth-order valence-electron chi connectivity index (χ4n) is 1.71. The summed E-state index contributed by atoms with van der Waals surface area (Å²) < 4.78 is 0. The van der Waals surface area contributed by atoms with Gasteiger partial charge in [-0.05, 0) is 39.8 Å². The van der Waals surface area contributed by atoms with Gasteiger partial charge < -0.3 is 4.90 Å². The predicted octanol–water partition coefficient (Wildman–Crippen LogP) is 1.19. The Bertz CT molecular complexity index is 195. The Morgan fingerprint density at radius 3 is 2.29 bits per heavy atom. The molecule has 1 fully saturated rings. The Kier molecular flexibility index (Phi) is 3.93. The topological polar surface area (TPSA) is 23.6 Å². The summed E-state index contributed by atoms with van der Waals surface area (Å²) in [5, 5.41) is 0. The molecule has 1 unspecified atom stereocenters. The van der Waals surface area contributed by atoms with Gasteiger partial charge in [-0.2, -0.15) is 0 Å². The van der Waals surface area contributed by atoms with Crippen LogP contribution in [0.1, 0.15) is 26.7 Å². The van der Waals surface area contributed by atoms with Crippen LogP contribution >= 0.6 is 0 Å². The Morgan fingerprint density at radius 1 is 1.36 bits per heavy atom. The zero-order valence-corrected chi connectivity index (χ0v) is 9.79. The highest BCUT2D eigenvalue weighted by Gasteiger charge is 2.25. The Morgan fingerprint density at radius 2 is 1.86 bits per heavy atom. The van der Waals surface area contributed by atoms with Gasteiger partial charge in [0.2, 0.25) is 5.91 Å². The van der Waals surface area contributed by atoms with Gasteiger partial charge in [-0.3, -0.25) is 9.69 Å². The quantitative estimate of drug-likeness (QED) is 0.665. The van der Waals surface area contributed by atoms with Crippen molar-refractivity contribution in [2.24, 2.45) is 5.92 Å². The third kappa shape index (κ3) is 2.71. The van der Waals surface area contributed by atoms with E-state index in [0.29, 0.717) is 0 Å². The lowest BCUT2D eigenvalue weighted by molar-refractivity contribution is -0.136. The molecule has 0 radical (unpaired) electrons. The number of piperidine rings is 1. The average Bonchev–Trinajstić information content (AvgIpc) is 2.16. The van der Waals surface area contributed by atoms with Crippen LogP contribution < -0.4 is 0 Å². The molecule has 1 rings (SSSR count). The number of likely N-dealkylation sites (tertiary alicyclic amines) is 1. The van der Waals surface area contributed by atoms with Crippen LogP contribution in [0.2, 0.25) is 0 Å². The van der Waals surface area contributed by atoms with Crippen LogP contribution in [0.5, 0.6) is 0 Å². The van der Waals surface area contributed by atoms with Crippen molar-refractivity contribution in [1.29, 1.82) is 0 Å². The number of nitrogens with zero attached hydrogens (tertiary/aromatic N) is 2. The van der Waals surface area contributed by atoms with E-state index in [0.717, 1.165) is 31.8 Å². The van der Waals surface area contributed by atoms with Gasteiger partial charge in [0.15, 0.2) is 0 Å². The van der Waals surface area contributed by atoms with Crippen molar-refractivity contribution in [2.45, 2.75) is 32.7 Å². The van der Waals surface area contributed by atoms with Crippen molar-refractivity contribution in [2.75, 3.05) is 27.2 Å². The average molecular weight is 198 g/mol. The van der Waals surface area contributed by atoms with Gasteiger partial charge >= 0.3 is 0 Å². The summed E-state index contributed by atoms with van der Waals surface area (Å²) >= 11 is 0. The summed E-state index contributed by atoms with van der Waals surface area (Å²) in [6.45, 7) is 6.12. The summed E-state index contributed by atoms with van der Waals surface area (Å²) in [6.07, 6.45) is 2.32. The minimum Gasteiger partial charge on any atom is -0.341 e. The first kappa shape index (κ1) is 11.5. The number of hydrogen-bond acceptors (Lipinski definition) is 2. The molecular formula is C11H22N2O. The van der Waals surface area contributed by atoms with Crippen LogP contribution in [0.25, 0.3) is 0 Å². The molecule has 1 heterocycles. The SMILES string of the molecule is CC1CCN(C(=O)C(C)N(C)C)CC1. The van der Waals surface area contributed by atoms with E-state index in [1.807, 2.05) is 30.8 Å². The highest BCUT2D eigenvalue weighted by molar-refractivity contribution is 5.81. The highest BCUT2D eigenvalue weighted by atomic mass is 16.2. The Labute approximate surface area is 87.1 Å². The first-order valence-corrected chi connectivity index (χ1v) is 5.47. The third-order valence-corrected chi connectivity index (χ3v) is 3.23. The number of likely N-dealkylation sites (N-methyl/N-ethyl adjacent to an activating group) is 1. The molecule has 0 aromatic rings. The first-order valence-electron chi connectivity index (χ1n) is 5.47. The lowest BCUT2D eigenvalue weighted by Gasteiger charge is -2.33. The van der Waals surface area contributed by atoms with Gasteiger partial charge in [0.25, 0.3) is 0 Å². The molecule has 82 valence electrons. The van der Waals surface area contributed by atoms with Crippen molar-refractivity contribution < 1.29 is 4.79 Å². The van der Waals surface area contributed by atoms with Gasteiger partial charge in [-0.15, -0.1) is 0 Å². The van der Waals surface area contributed by atoms with Gasteiger partial charge in [-0.1, -0.05) is 6.92 Å². The maximum Gasteiger partial charge on any atom is 0.239 e. The van der Waals surface area contributed by atoms with E-state index in [1.165, 1.54) is 0 Å². The normalized spacial score (nSPS) is 21.4. The first-order chi connectivity index (χ1) is 6.52. The maximum absolute atomic E-state index is 11.9. The van der Waals surface area contributed by atoms with Crippen LogP contribution in [0.4, 0.5) is 0 Å². The smallest absolute Gasteiger partial charge is 0.239 e. The fraction of sp³-hybridized carbons (Fsp3) is 0.909. The Balaban J connectivity index is 2.45. The molecule has 1 saturated heterocycles. The fourth-order valence-corrected chi connectivity index (χ4v) is 1.71. The van der Waals surface area contributed by atoms with Crippen LogP contribution in [0.15, 0.2) is 0 Å². The molecule has 0 aromatic carbocycles. The van der Waals surface area contributed by atoms with Crippen LogP contribution in [-0.2, 0) is 4.79 Å². The third-order valence-electron chi connectivity index (χ3n) is 3.23. The largest absolute Gasteiger partial charge is 0.341 e. The summed E-state index contributed by atoms with van der Waals surface area (Å²) in [5.74, 6) is 1.07. The van der Waals surface area contributed by atoms with E-state index in [2.05, 4.69) is 6.92 Å². The van der Waals surface area contributed by atoms with E-state index in [1.54, 1.807) is 0 Å². The minimum absolute atomic E-state index is 0.0170. The second-order valence-corrected chi connectivity index (χ2v) is 4.65. The molecule has 0 N–H and O–H groups in total. The standard InChI is InChI=1S/C11H22N2O/c1-9-5-7-13(8-6-9)11(14)10(2)12(3)4/h9-10H,5-8H2,1-4H3. The van der Waals surface area contributed by atoms with Crippen molar-refractivity contribution in [3.63, 3.8) is 0 Å². The van der Waals surface area contributed by atoms with Crippen molar-refractivity contribution >= 4 is 5.91 Å². The number of rotatable bonds is 2. The van der Waals surface area contributed by atoms with E-state index < -0.39 is 0 Å². The number of carbonyl (C=O) groups excluding carboxylic acids is 1. The van der Waals surface area contributed by atoms with Crippen molar-refractivity contribution in [3.05, 3.63) is 0 Å². The molecule has 1 atom stereocenters. The number of amides is 1. The molecule has 1 aliphatic rings. The van der Waals surface area contributed by atoms with Crippen molar-refractivity contribution in [1.82, 2.24) is 9.80 Å². The molecule has 0 aliphatic carbocycles. The van der Waals surface area contributed by atoms with Crippen LogP contribution in [0.3, 0.4) is 0 Å². The molecule has 0 aromatic heterocycles. The molecule has 1 amide bonds. The summed E-state index contributed by atoms with van der Waals surface area (Å²) in [5.41, 5.74) is 0. The second-order valence-electron chi connectivity index (χ2n) is 4.65. The van der Waals surface area contributed by atoms with E-state index in [-0.39, 0.29) is 11.9 Å².